The third-order valence-corrected chi connectivity index (χ3v) is 2.55. The minimum Gasteiger partial charge on any atom is -0.382 e. The average Bonchev–Trinajstić information content (AvgIpc) is 2.87. The fraction of sp³-hybridized carbons (Fsp3) is 0.846. The van der Waals surface area contributed by atoms with Crippen molar-refractivity contribution in [1.82, 2.24) is 20.3 Å². The molecule has 1 aromatic rings. The molecular formula is C13H26N4O3. The first kappa shape index (κ1) is 17.0. The molecule has 0 aliphatic heterocycles. The maximum absolute atomic E-state index is 5.46. The van der Waals surface area contributed by atoms with Crippen molar-refractivity contribution in [2.45, 2.75) is 33.0 Å². The van der Waals surface area contributed by atoms with Crippen LogP contribution in [0.15, 0.2) is 6.20 Å². The van der Waals surface area contributed by atoms with E-state index in [0.29, 0.717) is 45.6 Å². The molecule has 0 fully saturated rings. The van der Waals surface area contributed by atoms with Gasteiger partial charge in [-0.05, 0) is 0 Å². The zero-order valence-electron chi connectivity index (χ0n) is 12.7. The zero-order valence-corrected chi connectivity index (χ0v) is 12.7. The molecule has 0 aliphatic rings. The van der Waals surface area contributed by atoms with Crippen LogP contribution in [0, 0.1) is 0 Å². The number of hydrogen-bond donors (Lipinski definition) is 1. The lowest BCUT2D eigenvalue weighted by Crippen LogP contribution is -2.21. The molecule has 1 N–H and O–H groups in total. The lowest BCUT2D eigenvalue weighted by atomic mass is 10.3. The fourth-order valence-electron chi connectivity index (χ4n) is 1.46. The SMILES string of the molecule is COCCOCCOCCn1cc(CNC(C)C)nn1. The molecule has 1 aromatic heterocycles. The Bertz CT molecular complexity index is 344. The van der Waals surface area contributed by atoms with Gasteiger partial charge >= 0.3 is 0 Å². The van der Waals surface area contributed by atoms with E-state index in [4.69, 9.17) is 14.2 Å². The van der Waals surface area contributed by atoms with Crippen molar-refractivity contribution in [3.63, 3.8) is 0 Å². The van der Waals surface area contributed by atoms with Gasteiger partial charge in [-0.15, -0.1) is 5.10 Å². The molecule has 0 radical (unpaired) electrons. The second-order valence-electron chi connectivity index (χ2n) is 4.73. The van der Waals surface area contributed by atoms with E-state index in [1.165, 1.54) is 0 Å². The Morgan fingerprint density at radius 3 is 2.55 bits per heavy atom. The maximum atomic E-state index is 5.46. The summed E-state index contributed by atoms with van der Waals surface area (Å²) in [6, 6.07) is 0.446. The van der Waals surface area contributed by atoms with Crippen LogP contribution in [0.1, 0.15) is 19.5 Å². The third-order valence-electron chi connectivity index (χ3n) is 2.55. The van der Waals surface area contributed by atoms with Crippen molar-refractivity contribution in [1.29, 1.82) is 0 Å². The van der Waals surface area contributed by atoms with E-state index in [-0.39, 0.29) is 0 Å². The van der Waals surface area contributed by atoms with Gasteiger partial charge in [-0.1, -0.05) is 19.1 Å². The molecule has 20 heavy (non-hydrogen) atoms. The molecule has 116 valence electrons. The summed E-state index contributed by atoms with van der Waals surface area (Å²) in [6.07, 6.45) is 1.94. The zero-order chi connectivity index (χ0) is 14.6. The molecule has 7 nitrogen and oxygen atoms in total. The second-order valence-corrected chi connectivity index (χ2v) is 4.73. The van der Waals surface area contributed by atoms with E-state index in [0.717, 1.165) is 12.2 Å². The van der Waals surface area contributed by atoms with Gasteiger partial charge in [0.25, 0.3) is 0 Å². The molecule has 0 aromatic carbocycles. The molecule has 0 amide bonds. The summed E-state index contributed by atoms with van der Waals surface area (Å²) in [4.78, 5) is 0. The standard InChI is InChI=1S/C13H26N4O3/c1-12(2)14-10-13-11-17(16-15-13)4-5-19-8-9-20-7-6-18-3/h11-12,14H,4-10H2,1-3H3. The van der Waals surface area contributed by atoms with Crippen LogP contribution in [0.3, 0.4) is 0 Å². The molecular weight excluding hydrogens is 260 g/mol. The molecule has 0 unspecified atom stereocenters. The second kappa shape index (κ2) is 10.7. The predicted molar refractivity (Wildman–Crippen MR) is 75.5 cm³/mol. The Morgan fingerprint density at radius 2 is 1.85 bits per heavy atom. The van der Waals surface area contributed by atoms with Crippen molar-refractivity contribution in [3.05, 3.63) is 11.9 Å². The highest BCUT2D eigenvalue weighted by Crippen LogP contribution is 1.94. The van der Waals surface area contributed by atoms with E-state index in [1.807, 2.05) is 6.20 Å². The Balaban J connectivity index is 2.01. The number of rotatable bonds is 12. The lowest BCUT2D eigenvalue weighted by Gasteiger charge is -2.05. The van der Waals surface area contributed by atoms with E-state index >= 15 is 0 Å². The first-order valence-corrected chi connectivity index (χ1v) is 6.99. The Hall–Kier alpha value is -1.02. The van der Waals surface area contributed by atoms with Gasteiger partial charge in [0.15, 0.2) is 0 Å². The average molecular weight is 286 g/mol. The van der Waals surface area contributed by atoms with Gasteiger partial charge < -0.3 is 19.5 Å². The van der Waals surface area contributed by atoms with Crippen molar-refractivity contribution in [3.8, 4) is 0 Å². The minimum absolute atomic E-state index is 0.446. The quantitative estimate of drug-likeness (QED) is 0.563. The van der Waals surface area contributed by atoms with Gasteiger partial charge in [0, 0.05) is 25.9 Å². The van der Waals surface area contributed by atoms with Crippen molar-refractivity contribution >= 4 is 0 Å². The summed E-state index contributed by atoms with van der Waals surface area (Å²) in [5, 5.41) is 11.4. The first-order valence-electron chi connectivity index (χ1n) is 6.99. The van der Waals surface area contributed by atoms with E-state index < -0.39 is 0 Å². The number of nitrogens with zero attached hydrogens (tertiary/aromatic N) is 3. The maximum Gasteiger partial charge on any atom is 0.0964 e. The largest absolute Gasteiger partial charge is 0.382 e. The lowest BCUT2D eigenvalue weighted by molar-refractivity contribution is 0.0224. The monoisotopic (exact) mass is 286 g/mol. The number of hydrogen-bond acceptors (Lipinski definition) is 6. The number of nitrogens with one attached hydrogen (secondary N) is 1. The molecule has 0 spiro atoms. The van der Waals surface area contributed by atoms with Gasteiger partial charge in [0.2, 0.25) is 0 Å². The van der Waals surface area contributed by atoms with Crippen LogP contribution in [0.25, 0.3) is 0 Å². The minimum atomic E-state index is 0.446. The molecule has 1 rings (SSSR count). The number of methoxy groups -OCH3 is 1. The highest BCUT2D eigenvalue weighted by atomic mass is 16.5. The van der Waals surface area contributed by atoms with Crippen LogP contribution < -0.4 is 5.32 Å². The van der Waals surface area contributed by atoms with Crippen molar-refractivity contribution in [2.24, 2.45) is 0 Å². The van der Waals surface area contributed by atoms with Gasteiger partial charge in [-0.2, -0.15) is 0 Å². The van der Waals surface area contributed by atoms with Crippen molar-refractivity contribution in [2.75, 3.05) is 40.1 Å². The number of aromatic nitrogens is 3. The Kier molecular flexibility index (Phi) is 9.14. The van der Waals surface area contributed by atoms with Crippen LogP contribution >= 0.6 is 0 Å². The molecule has 7 heteroatoms. The molecule has 0 bridgehead atoms. The molecule has 1 heterocycles. The highest BCUT2D eigenvalue weighted by Gasteiger charge is 2.01. The van der Waals surface area contributed by atoms with E-state index in [9.17, 15) is 0 Å². The first-order chi connectivity index (χ1) is 9.72. The summed E-state index contributed by atoms with van der Waals surface area (Å²) < 4.78 is 17.4. The third kappa shape index (κ3) is 8.21. The van der Waals surface area contributed by atoms with Gasteiger partial charge in [-0.3, -0.25) is 0 Å². The summed E-state index contributed by atoms with van der Waals surface area (Å²) in [5.74, 6) is 0. The molecule has 0 atom stereocenters. The van der Waals surface area contributed by atoms with Crippen LogP contribution in [0.5, 0.6) is 0 Å². The summed E-state index contributed by atoms with van der Waals surface area (Å²) in [6.45, 7) is 8.65. The van der Waals surface area contributed by atoms with Crippen LogP contribution in [-0.2, 0) is 27.3 Å². The molecule has 0 saturated heterocycles. The van der Waals surface area contributed by atoms with E-state index in [1.54, 1.807) is 11.8 Å². The van der Waals surface area contributed by atoms with Crippen LogP contribution in [0.2, 0.25) is 0 Å². The summed E-state index contributed by atoms with van der Waals surface area (Å²) in [5.41, 5.74) is 0.946. The van der Waals surface area contributed by atoms with Crippen molar-refractivity contribution < 1.29 is 14.2 Å². The normalized spacial score (nSPS) is 11.4. The Morgan fingerprint density at radius 1 is 1.15 bits per heavy atom. The number of ether oxygens (including phenoxy) is 3. The fourth-order valence-corrected chi connectivity index (χ4v) is 1.46. The van der Waals surface area contributed by atoms with Gasteiger partial charge in [-0.25, -0.2) is 4.68 Å². The van der Waals surface area contributed by atoms with Gasteiger partial charge in [0.1, 0.15) is 0 Å². The smallest absolute Gasteiger partial charge is 0.0964 e. The molecule has 0 saturated carbocycles. The topological polar surface area (TPSA) is 70.4 Å². The molecule has 0 aliphatic carbocycles. The van der Waals surface area contributed by atoms with Crippen LogP contribution in [-0.4, -0.2) is 61.2 Å². The summed E-state index contributed by atoms with van der Waals surface area (Å²) in [7, 11) is 1.66. The predicted octanol–water partition coefficient (Wildman–Crippen LogP) is 0.456. The van der Waals surface area contributed by atoms with Crippen LogP contribution in [0.4, 0.5) is 0 Å². The van der Waals surface area contributed by atoms with Gasteiger partial charge in [0.05, 0.1) is 45.3 Å². The highest BCUT2D eigenvalue weighted by molar-refractivity contribution is 4.91. The Labute approximate surface area is 120 Å². The summed E-state index contributed by atoms with van der Waals surface area (Å²) >= 11 is 0. The van der Waals surface area contributed by atoms with E-state index in [2.05, 4.69) is 29.5 Å².